The largest absolute Gasteiger partial charge is 0.365 e. The zero-order valence-electron chi connectivity index (χ0n) is 13.7. The van der Waals surface area contributed by atoms with Gasteiger partial charge in [-0.2, -0.15) is 0 Å². The first-order valence-corrected chi connectivity index (χ1v) is 8.59. The summed E-state index contributed by atoms with van der Waals surface area (Å²) in [6, 6.07) is 19.0. The molecule has 1 aromatic heterocycles. The first kappa shape index (κ1) is 17.1. The van der Waals surface area contributed by atoms with E-state index in [1.165, 1.54) is 5.56 Å². The van der Waals surface area contributed by atoms with Crippen LogP contribution in [-0.4, -0.2) is 16.1 Å². The number of nitrogens with zero attached hydrogens (tertiary/aromatic N) is 2. The molecule has 2 N–H and O–H groups in total. The Balaban J connectivity index is 1.58. The van der Waals surface area contributed by atoms with E-state index in [4.69, 9.17) is 0 Å². The molecule has 1 amide bonds. The Morgan fingerprint density at radius 3 is 2.32 bits per heavy atom. The smallest absolute Gasteiger partial charge is 0.276 e. The summed E-state index contributed by atoms with van der Waals surface area (Å²) in [5, 5.41) is 14.0. The van der Waals surface area contributed by atoms with Gasteiger partial charge in [0.05, 0.1) is 0 Å². The van der Waals surface area contributed by atoms with Crippen molar-refractivity contribution in [3.63, 3.8) is 0 Å². The van der Waals surface area contributed by atoms with Gasteiger partial charge in [0.25, 0.3) is 5.91 Å². The summed E-state index contributed by atoms with van der Waals surface area (Å²) >= 11 is 3.36. The van der Waals surface area contributed by atoms with Crippen LogP contribution < -0.4 is 10.6 Å². The Kier molecular flexibility index (Phi) is 5.40. The number of nitrogens with one attached hydrogen (secondary N) is 2. The molecule has 0 atom stereocenters. The Morgan fingerprint density at radius 1 is 0.960 bits per heavy atom. The van der Waals surface area contributed by atoms with Crippen molar-refractivity contribution >= 4 is 33.3 Å². The standard InChI is InChI=1S/C19H17BrN4O/c1-13-2-4-14(5-3-13)12-21-18-11-10-17(23-24-18)19(25)22-16-8-6-15(20)7-9-16/h2-11H,12H2,1H3,(H,21,24)(H,22,25). The highest BCUT2D eigenvalue weighted by Crippen LogP contribution is 2.15. The lowest BCUT2D eigenvalue weighted by Gasteiger charge is -2.07. The number of carbonyl (C=O) groups excluding carboxylic acids is 1. The van der Waals surface area contributed by atoms with Crippen molar-refractivity contribution in [3.8, 4) is 0 Å². The number of carbonyl (C=O) groups is 1. The van der Waals surface area contributed by atoms with E-state index in [-0.39, 0.29) is 11.6 Å². The van der Waals surface area contributed by atoms with E-state index in [2.05, 4.69) is 68.0 Å². The van der Waals surface area contributed by atoms with Crippen LogP contribution in [0, 0.1) is 6.92 Å². The number of halogens is 1. The van der Waals surface area contributed by atoms with Crippen molar-refractivity contribution in [2.24, 2.45) is 0 Å². The molecular formula is C19H17BrN4O. The van der Waals surface area contributed by atoms with E-state index in [1.54, 1.807) is 12.1 Å². The van der Waals surface area contributed by atoms with Crippen LogP contribution in [0.5, 0.6) is 0 Å². The van der Waals surface area contributed by atoms with Gasteiger partial charge in [-0.25, -0.2) is 0 Å². The second kappa shape index (κ2) is 7.90. The number of anilines is 2. The summed E-state index contributed by atoms with van der Waals surface area (Å²) in [5.41, 5.74) is 3.36. The van der Waals surface area contributed by atoms with E-state index in [0.717, 1.165) is 10.0 Å². The lowest BCUT2D eigenvalue weighted by Crippen LogP contribution is -2.14. The van der Waals surface area contributed by atoms with Crippen molar-refractivity contribution in [2.75, 3.05) is 10.6 Å². The maximum atomic E-state index is 12.2. The number of aryl methyl sites for hydroxylation is 1. The third-order valence-electron chi connectivity index (χ3n) is 3.59. The topological polar surface area (TPSA) is 66.9 Å². The quantitative estimate of drug-likeness (QED) is 0.669. The van der Waals surface area contributed by atoms with Gasteiger partial charge in [-0.1, -0.05) is 45.8 Å². The molecule has 0 saturated heterocycles. The number of amides is 1. The minimum Gasteiger partial charge on any atom is -0.365 e. The third kappa shape index (κ3) is 4.87. The van der Waals surface area contributed by atoms with Crippen molar-refractivity contribution < 1.29 is 4.79 Å². The van der Waals surface area contributed by atoms with Crippen LogP contribution >= 0.6 is 15.9 Å². The highest BCUT2D eigenvalue weighted by Gasteiger charge is 2.08. The van der Waals surface area contributed by atoms with E-state index < -0.39 is 0 Å². The predicted octanol–water partition coefficient (Wildman–Crippen LogP) is 4.41. The summed E-state index contributed by atoms with van der Waals surface area (Å²) in [4.78, 5) is 12.2. The molecule has 0 spiro atoms. The molecule has 0 aliphatic heterocycles. The van der Waals surface area contributed by atoms with Crippen LogP contribution in [0.2, 0.25) is 0 Å². The molecule has 3 aromatic rings. The first-order valence-electron chi connectivity index (χ1n) is 7.80. The maximum absolute atomic E-state index is 12.2. The highest BCUT2D eigenvalue weighted by atomic mass is 79.9. The molecule has 0 bridgehead atoms. The zero-order valence-corrected chi connectivity index (χ0v) is 15.2. The first-order chi connectivity index (χ1) is 12.1. The minimum absolute atomic E-state index is 0.267. The molecule has 1 heterocycles. The van der Waals surface area contributed by atoms with Gasteiger partial charge in [-0.15, -0.1) is 10.2 Å². The van der Waals surface area contributed by atoms with Gasteiger partial charge in [-0.3, -0.25) is 4.79 Å². The molecule has 126 valence electrons. The number of hydrogen-bond acceptors (Lipinski definition) is 4. The van der Waals surface area contributed by atoms with Crippen LogP contribution in [0.15, 0.2) is 65.1 Å². The second-order valence-electron chi connectivity index (χ2n) is 5.60. The number of hydrogen-bond donors (Lipinski definition) is 2. The molecule has 0 saturated carbocycles. The summed E-state index contributed by atoms with van der Waals surface area (Å²) in [7, 11) is 0. The molecule has 2 aromatic carbocycles. The Labute approximate surface area is 154 Å². The fraction of sp³-hybridized carbons (Fsp3) is 0.105. The van der Waals surface area contributed by atoms with Crippen LogP contribution in [0.25, 0.3) is 0 Å². The molecule has 0 aliphatic rings. The normalized spacial score (nSPS) is 10.3. The van der Waals surface area contributed by atoms with Gasteiger partial charge in [0.1, 0.15) is 5.82 Å². The van der Waals surface area contributed by atoms with E-state index in [1.807, 2.05) is 24.3 Å². The maximum Gasteiger partial charge on any atom is 0.276 e. The van der Waals surface area contributed by atoms with E-state index >= 15 is 0 Å². The highest BCUT2D eigenvalue weighted by molar-refractivity contribution is 9.10. The zero-order chi connectivity index (χ0) is 17.6. The molecule has 0 aliphatic carbocycles. The average molecular weight is 397 g/mol. The van der Waals surface area contributed by atoms with Crippen molar-refractivity contribution in [1.29, 1.82) is 0 Å². The molecule has 6 heteroatoms. The fourth-order valence-corrected chi connectivity index (χ4v) is 2.44. The molecule has 3 rings (SSSR count). The monoisotopic (exact) mass is 396 g/mol. The van der Waals surface area contributed by atoms with E-state index in [9.17, 15) is 4.79 Å². The molecular weight excluding hydrogens is 380 g/mol. The molecule has 0 radical (unpaired) electrons. The lowest BCUT2D eigenvalue weighted by molar-refractivity contribution is 0.102. The van der Waals surface area contributed by atoms with E-state index in [0.29, 0.717) is 18.1 Å². The van der Waals surface area contributed by atoms with Crippen LogP contribution in [-0.2, 0) is 6.54 Å². The summed E-state index contributed by atoms with van der Waals surface area (Å²) in [5.74, 6) is 0.334. The molecule has 25 heavy (non-hydrogen) atoms. The molecule has 0 fully saturated rings. The fourth-order valence-electron chi connectivity index (χ4n) is 2.17. The number of benzene rings is 2. The Bertz CT molecular complexity index is 846. The van der Waals surface area contributed by atoms with Crippen molar-refractivity contribution in [3.05, 3.63) is 82.0 Å². The van der Waals surface area contributed by atoms with Crippen LogP contribution in [0.1, 0.15) is 21.6 Å². The van der Waals surface area contributed by atoms with Gasteiger partial charge >= 0.3 is 0 Å². The molecule has 5 nitrogen and oxygen atoms in total. The Hall–Kier alpha value is -2.73. The van der Waals surface area contributed by atoms with Crippen LogP contribution in [0.4, 0.5) is 11.5 Å². The molecule has 0 unspecified atom stereocenters. The Morgan fingerprint density at radius 2 is 1.68 bits per heavy atom. The lowest BCUT2D eigenvalue weighted by atomic mass is 10.1. The minimum atomic E-state index is -0.292. The third-order valence-corrected chi connectivity index (χ3v) is 4.12. The number of aromatic nitrogens is 2. The van der Waals surface area contributed by atoms with Crippen LogP contribution in [0.3, 0.4) is 0 Å². The average Bonchev–Trinajstić information content (AvgIpc) is 2.63. The predicted molar refractivity (Wildman–Crippen MR) is 103 cm³/mol. The van der Waals surface area contributed by atoms with Gasteiger partial charge in [0.2, 0.25) is 0 Å². The number of rotatable bonds is 5. The van der Waals surface area contributed by atoms with Gasteiger partial charge in [0, 0.05) is 16.7 Å². The second-order valence-corrected chi connectivity index (χ2v) is 6.52. The van der Waals surface area contributed by atoms with Gasteiger partial charge in [-0.05, 0) is 48.9 Å². The van der Waals surface area contributed by atoms with Crippen molar-refractivity contribution in [2.45, 2.75) is 13.5 Å². The SMILES string of the molecule is Cc1ccc(CNc2ccc(C(=O)Nc3ccc(Br)cc3)nn2)cc1. The van der Waals surface area contributed by atoms with Gasteiger partial charge in [0.15, 0.2) is 5.69 Å². The summed E-state index contributed by atoms with van der Waals surface area (Å²) in [6.45, 7) is 2.71. The van der Waals surface area contributed by atoms with Crippen molar-refractivity contribution in [1.82, 2.24) is 10.2 Å². The summed E-state index contributed by atoms with van der Waals surface area (Å²) < 4.78 is 0.953. The van der Waals surface area contributed by atoms with Gasteiger partial charge < -0.3 is 10.6 Å². The summed E-state index contributed by atoms with van der Waals surface area (Å²) in [6.07, 6.45) is 0.